The van der Waals surface area contributed by atoms with E-state index in [9.17, 15) is 22.8 Å². The third-order valence-electron chi connectivity index (χ3n) is 4.17. The Morgan fingerprint density at radius 2 is 1.71 bits per heavy atom. The Labute approximate surface area is 180 Å². The van der Waals surface area contributed by atoms with Crippen molar-refractivity contribution in [2.75, 3.05) is 10.6 Å². The fraction of sp³-hybridized carbons (Fsp3) is 0.0952. The molecule has 0 radical (unpaired) electrons. The van der Waals surface area contributed by atoms with E-state index >= 15 is 0 Å². The van der Waals surface area contributed by atoms with Gasteiger partial charge in [-0.1, -0.05) is 35.9 Å². The second-order valence-electron chi connectivity index (χ2n) is 6.53. The molecule has 2 amide bonds. The van der Waals surface area contributed by atoms with Gasteiger partial charge >= 0.3 is 6.18 Å². The Balaban J connectivity index is 1.96. The molecule has 6 nitrogen and oxygen atoms in total. The summed E-state index contributed by atoms with van der Waals surface area (Å²) < 4.78 is 42.1. The van der Waals surface area contributed by atoms with Crippen LogP contribution in [-0.4, -0.2) is 21.6 Å². The Morgan fingerprint density at radius 3 is 2.29 bits per heavy atom. The Kier molecular flexibility index (Phi) is 6.16. The lowest BCUT2D eigenvalue weighted by Crippen LogP contribution is -2.20. The van der Waals surface area contributed by atoms with Gasteiger partial charge in [-0.25, -0.2) is 4.68 Å². The molecule has 3 rings (SSSR count). The molecule has 1 heterocycles. The van der Waals surface area contributed by atoms with Crippen molar-refractivity contribution in [2.24, 2.45) is 0 Å². The van der Waals surface area contributed by atoms with E-state index in [1.165, 1.54) is 30.3 Å². The summed E-state index contributed by atoms with van der Waals surface area (Å²) in [6, 6.07) is 10.3. The summed E-state index contributed by atoms with van der Waals surface area (Å²) in [4.78, 5) is 24.1. The number of halogens is 4. The molecular formula is C21H16ClF3N4O2. The molecule has 3 aromatic rings. The molecule has 160 valence electrons. The highest BCUT2D eigenvalue weighted by Crippen LogP contribution is 2.34. The summed E-state index contributed by atoms with van der Waals surface area (Å²) >= 11 is 5.98. The van der Waals surface area contributed by atoms with Crippen LogP contribution in [0.1, 0.15) is 21.6 Å². The van der Waals surface area contributed by atoms with Crippen molar-refractivity contribution in [1.82, 2.24) is 9.78 Å². The van der Waals surface area contributed by atoms with E-state index in [0.717, 1.165) is 17.8 Å². The number of rotatable bonds is 5. The molecule has 0 bridgehead atoms. The van der Waals surface area contributed by atoms with Crippen LogP contribution in [0, 0.1) is 6.92 Å². The van der Waals surface area contributed by atoms with Gasteiger partial charge in [0.1, 0.15) is 0 Å². The molecule has 1 aromatic heterocycles. The molecule has 0 unspecified atom stereocenters. The van der Waals surface area contributed by atoms with Crippen molar-refractivity contribution < 1.29 is 22.8 Å². The molecule has 0 saturated heterocycles. The first kappa shape index (κ1) is 22.1. The van der Waals surface area contributed by atoms with Gasteiger partial charge < -0.3 is 10.6 Å². The third kappa shape index (κ3) is 5.13. The molecule has 2 N–H and O–H groups in total. The number of benzene rings is 2. The topological polar surface area (TPSA) is 76.0 Å². The first-order chi connectivity index (χ1) is 14.6. The van der Waals surface area contributed by atoms with Crippen LogP contribution < -0.4 is 10.6 Å². The van der Waals surface area contributed by atoms with Crippen LogP contribution in [0.15, 0.2) is 61.3 Å². The number of aromatic nitrogens is 2. The first-order valence-electron chi connectivity index (χ1n) is 8.86. The fourth-order valence-electron chi connectivity index (χ4n) is 2.79. The summed E-state index contributed by atoms with van der Waals surface area (Å²) in [5.74, 6) is -1.55. The average Bonchev–Trinajstić information content (AvgIpc) is 3.14. The Morgan fingerprint density at radius 1 is 1.10 bits per heavy atom. The Bertz CT molecular complexity index is 1150. The van der Waals surface area contributed by atoms with E-state index in [1.807, 2.05) is 0 Å². The fourth-order valence-corrected chi connectivity index (χ4v) is 3.03. The van der Waals surface area contributed by atoms with Crippen molar-refractivity contribution in [3.63, 3.8) is 0 Å². The predicted molar refractivity (Wildman–Crippen MR) is 112 cm³/mol. The zero-order chi connectivity index (χ0) is 22.8. The molecule has 0 aliphatic rings. The summed E-state index contributed by atoms with van der Waals surface area (Å²) in [6.45, 7) is 5.12. The number of alkyl halides is 3. The van der Waals surface area contributed by atoms with Crippen molar-refractivity contribution in [3.8, 4) is 5.69 Å². The molecule has 0 atom stereocenters. The molecule has 2 aromatic carbocycles. The number of nitrogens with zero attached hydrogens (tertiary/aromatic N) is 2. The van der Waals surface area contributed by atoms with Gasteiger partial charge in [0.15, 0.2) is 5.69 Å². The maximum absolute atomic E-state index is 13.8. The van der Waals surface area contributed by atoms with Crippen LogP contribution in [0.25, 0.3) is 5.69 Å². The van der Waals surface area contributed by atoms with E-state index < -0.39 is 29.2 Å². The van der Waals surface area contributed by atoms with Crippen molar-refractivity contribution >= 4 is 34.8 Å². The zero-order valence-corrected chi connectivity index (χ0v) is 16.9. The van der Waals surface area contributed by atoms with Crippen LogP contribution in [-0.2, 0) is 11.0 Å². The molecule has 0 fully saturated rings. The van der Waals surface area contributed by atoms with E-state index in [1.54, 1.807) is 19.1 Å². The zero-order valence-electron chi connectivity index (χ0n) is 16.1. The molecule has 10 heteroatoms. The highest BCUT2D eigenvalue weighted by molar-refractivity contribution is 6.31. The van der Waals surface area contributed by atoms with Crippen LogP contribution in [0.2, 0.25) is 5.02 Å². The highest BCUT2D eigenvalue weighted by Gasteiger charge is 2.40. The maximum atomic E-state index is 13.8. The second-order valence-corrected chi connectivity index (χ2v) is 6.96. The van der Waals surface area contributed by atoms with Gasteiger partial charge in [0.2, 0.25) is 5.91 Å². The van der Waals surface area contributed by atoms with Crippen LogP contribution in [0.4, 0.5) is 24.5 Å². The molecule has 31 heavy (non-hydrogen) atoms. The predicted octanol–water partition coefficient (Wildman–Crippen LogP) is 5.23. The van der Waals surface area contributed by atoms with Gasteiger partial charge in [0, 0.05) is 16.4 Å². The number of nitrogens with one attached hydrogen (secondary N) is 2. The lowest BCUT2D eigenvalue weighted by Gasteiger charge is -2.13. The summed E-state index contributed by atoms with van der Waals surface area (Å²) in [7, 11) is 0. The number of carbonyl (C=O) groups is 2. The van der Waals surface area contributed by atoms with Gasteiger partial charge in [0.25, 0.3) is 5.91 Å². The normalized spacial score (nSPS) is 11.1. The first-order valence-corrected chi connectivity index (χ1v) is 9.24. The number of anilines is 2. The van der Waals surface area contributed by atoms with Crippen molar-refractivity contribution in [3.05, 3.63) is 83.2 Å². The van der Waals surface area contributed by atoms with E-state index in [2.05, 4.69) is 22.3 Å². The van der Waals surface area contributed by atoms with Gasteiger partial charge in [-0.15, -0.1) is 0 Å². The van der Waals surface area contributed by atoms with Crippen molar-refractivity contribution in [1.29, 1.82) is 0 Å². The Hall–Kier alpha value is -3.59. The smallest absolute Gasteiger partial charge is 0.322 e. The van der Waals surface area contributed by atoms with E-state index in [-0.39, 0.29) is 22.1 Å². The number of carbonyl (C=O) groups excluding carboxylic acids is 2. The van der Waals surface area contributed by atoms with Gasteiger partial charge in [-0.2, -0.15) is 18.3 Å². The molecular weight excluding hydrogens is 433 g/mol. The standard InChI is InChI=1S/C21H16ClF3N4O2/c1-3-18(30)27-14-8-13(22)9-15(10-14)28-20(31)17-11-26-29(19(17)21(23,24)25)16-6-4-12(2)5-7-16/h3-11H,1H2,2H3,(H,27,30)(H,28,31). The number of amides is 2. The minimum absolute atomic E-state index is 0.0908. The molecule has 0 aliphatic carbocycles. The molecule has 0 saturated carbocycles. The lowest BCUT2D eigenvalue weighted by atomic mass is 10.2. The summed E-state index contributed by atoms with van der Waals surface area (Å²) in [6.07, 6.45) is -2.96. The van der Waals surface area contributed by atoms with Gasteiger partial charge in [-0.3, -0.25) is 9.59 Å². The van der Waals surface area contributed by atoms with Crippen LogP contribution in [0.3, 0.4) is 0 Å². The second kappa shape index (κ2) is 8.65. The SMILES string of the molecule is C=CC(=O)Nc1cc(Cl)cc(NC(=O)c2cnn(-c3ccc(C)cc3)c2C(F)(F)F)c1. The largest absolute Gasteiger partial charge is 0.434 e. The van der Waals surface area contributed by atoms with E-state index in [4.69, 9.17) is 11.6 Å². The van der Waals surface area contributed by atoms with Crippen molar-refractivity contribution in [2.45, 2.75) is 13.1 Å². The number of hydrogen-bond donors (Lipinski definition) is 2. The molecule has 0 spiro atoms. The highest BCUT2D eigenvalue weighted by atomic mass is 35.5. The summed E-state index contributed by atoms with van der Waals surface area (Å²) in [5, 5.41) is 8.75. The number of hydrogen-bond acceptors (Lipinski definition) is 3. The van der Waals surface area contributed by atoms with Crippen LogP contribution >= 0.6 is 11.6 Å². The quantitative estimate of drug-likeness (QED) is 0.525. The minimum atomic E-state index is -4.84. The van der Waals surface area contributed by atoms with Crippen LogP contribution in [0.5, 0.6) is 0 Å². The summed E-state index contributed by atoms with van der Waals surface area (Å²) in [5.41, 5.74) is -0.523. The molecule has 0 aliphatic heterocycles. The average molecular weight is 449 g/mol. The van der Waals surface area contributed by atoms with E-state index in [0.29, 0.717) is 4.68 Å². The van der Waals surface area contributed by atoms with Gasteiger partial charge in [0.05, 0.1) is 17.4 Å². The third-order valence-corrected chi connectivity index (χ3v) is 4.39. The number of aryl methyl sites for hydroxylation is 1. The lowest BCUT2D eigenvalue weighted by molar-refractivity contribution is -0.143. The van der Waals surface area contributed by atoms with Gasteiger partial charge in [-0.05, 0) is 43.3 Å². The monoisotopic (exact) mass is 448 g/mol. The maximum Gasteiger partial charge on any atom is 0.434 e. The minimum Gasteiger partial charge on any atom is -0.322 e.